The number of ether oxygens (including phenoxy) is 1. The molecule has 178 valence electrons. The Bertz CT molecular complexity index is 1130. The lowest BCUT2D eigenvalue weighted by Crippen LogP contribution is -2.90. The molecular formula is C23H23F3N5O3+. The van der Waals surface area contributed by atoms with E-state index in [2.05, 4.69) is 5.32 Å². The number of nitrogens with zero attached hydrogens (tertiary/aromatic N) is 2. The van der Waals surface area contributed by atoms with Gasteiger partial charge in [0.2, 0.25) is 0 Å². The van der Waals surface area contributed by atoms with Crippen molar-refractivity contribution in [3.63, 3.8) is 0 Å². The van der Waals surface area contributed by atoms with Gasteiger partial charge in [-0.15, -0.1) is 0 Å². The molecule has 0 aliphatic carbocycles. The molecule has 4 rings (SSSR count). The van der Waals surface area contributed by atoms with Crippen LogP contribution in [-0.4, -0.2) is 53.8 Å². The van der Waals surface area contributed by atoms with Gasteiger partial charge in [-0.3, -0.25) is 4.90 Å². The van der Waals surface area contributed by atoms with Crippen molar-refractivity contribution in [2.24, 2.45) is 0 Å². The number of rotatable bonds is 4. The number of benzene rings is 2. The lowest BCUT2D eigenvalue weighted by Gasteiger charge is -2.33. The molecule has 34 heavy (non-hydrogen) atoms. The fourth-order valence-electron chi connectivity index (χ4n) is 3.97. The standard InChI is InChI=1S/C23H22F3N5O3/c1-13-10-28-18(11-30(13)22(32)29-15-7-16(24)21(26)17(25)8-15)19(9-27)31-12-20(34-23(31)33)14-5-3-2-4-6-14/h2-9,13,20,27-28H,10-12H2,1H3,(H,29,32)/p+1/b19-18+,27-9?/t13-,20?/m0/s1. The van der Waals surface area contributed by atoms with Gasteiger partial charge in [-0.05, 0) is 12.5 Å². The third-order valence-electron chi connectivity index (χ3n) is 5.81. The second-order valence-electron chi connectivity index (χ2n) is 8.05. The van der Waals surface area contributed by atoms with Crippen LogP contribution in [0.25, 0.3) is 0 Å². The number of nitrogens with two attached hydrogens (primary N) is 1. The lowest BCUT2D eigenvalue weighted by molar-refractivity contribution is -0.621. The first kappa shape index (κ1) is 23.3. The second kappa shape index (κ2) is 9.56. The van der Waals surface area contributed by atoms with Gasteiger partial charge in [0.1, 0.15) is 18.3 Å². The molecule has 2 aliphatic rings. The van der Waals surface area contributed by atoms with E-state index in [1.807, 2.05) is 35.6 Å². The van der Waals surface area contributed by atoms with Crippen molar-refractivity contribution in [3.05, 3.63) is 76.9 Å². The number of quaternary nitrogens is 1. The molecule has 0 bridgehead atoms. The second-order valence-corrected chi connectivity index (χ2v) is 8.05. The van der Waals surface area contributed by atoms with E-state index in [-0.39, 0.29) is 24.8 Å². The molecule has 0 saturated carbocycles. The van der Waals surface area contributed by atoms with Gasteiger partial charge in [-0.1, -0.05) is 30.3 Å². The smallest absolute Gasteiger partial charge is 0.415 e. The van der Waals surface area contributed by atoms with E-state index in [0.29, 0.717) is 30.1 Å². The summed E-state index contributed by atoms with van der Waals surface area (Å²) < 4.78 is 45.7. The first-order chi connectivity index (χ1) is 16.3. The predicted octanol–water partition coefficient (Wildman–Crippen LogP) is 2.96. The van der Waals surface area contributed by atoms with Crippen molar-refractivity contribution < 1.29 is 32.8 Å². The average Bonchev–Trinajstić information content (AvgIpc) is 3.20. The molecule has 11 heteroatoms. The van der Waals surface area contributed by atoms with Crippen molar-refractivity contribution in [1.82, 2.24) is 9.80 Å². The zero-order valence-electron chi connectivity index (χ0n) is 18.2. The molecule has 2 saturated heterocycles. The maximum absolute atomic E-state index is 13.5. The van der Waals surface area contributed by atoms with E-state index < -0.39 is 35.7 Å². The number of carbonyl (C=O) groups excluding carboxylic acids is 2. The first-order valence-electron chi connectivity index (χ1n) is 10.6. The third-order valence-corrected chi connectivity index (χ3v) is 5.81. The summed E-state index contributed by atoms with van der Waals surface area (Å²) in [6, 6.07) is 9.70. The molecule has 2 aromatic carbocycles. The zero-order valence-corrected chi connectivity index (χ0v) is 18.2. The maximum atomic E-state index is 13.5. The van der Waals surface area contributed by atoms with Crippen LogP contribution in [0.1, 0.15) is 18.6 Å². The number of cyclic esters (lactones) is 1. The normalized spacial score (nSPS) is 21.8. The van der Waals surface area contributed by atoms with E-state index in [4.69, 9.17) is 10.1 Å². The van der Waals surface area contributed by atoms with E-state index in [0.717, 1.165) is 11.8 Å². The van der Waals surface area contributed by atoms with Gasteiger partial charge < -0.3 is 25.7 Å². The van der Waals surface area contributed by atoms with Gasteiger partial charge in [-0.25, -0.2) is 22.8 Å². The van der Waals surface area contributed by atoms with Crippen LogP contribution in [0.5, 0.6) is 0 Å². The van der Waals surface area contributed by atoms with Crippen LogP contribution < -0.4 is 10.6 Å². The quantitative estimate of drug-likeness (QED) is 0.469. The Balaban J connectivity index is 1.53. The summed E-state index contributed by atoms with van der Waals surface area (Å²) in [7, 11) is 0. The average molecular weight is 474 g/mol. The van der Waals surface area contributed by atoms with E-state index in [1.165, 1.54) is 9.80 Å². The van der Waals surface area contributed by atoms with Crippen LogP contribution in [0.2, 0.25) is 0 Å². The molecule has 4 N–H and O–H groups in total. The van der Waals surface area contributed by atoms with Gasteiger partial charge in [0, 0.05) is 24.0 Å². The number of carbonyl (C=O) groups is 2. The minimum absolute atomic E-state index is 0.0453. The molecule has 0 radical (unpaired) electrons. The summed E-state index contributed by atoms with van der Waals surface area (Å²) in [6.45, 7) is 2.47. The van der Waals surface area contributed by atoms with Gasteiger partial charge in [0.05, 0.1) is 19.1 Å². The molecule has 2 aromatic rings. The summed E-state index contributed by atoms with van der Waals surface area (Å²) in [6.07, 6.45) is -0.0494. The number of amides is 3. The molecule has 2 heterocycles. The summed E-state index contributed by atoms with van der Waals surface area (Å²) in [4.78, 5) is 28.2. The monoisotopic (exact) mass is 474 g/mol. The summed E-state index contributed by atoms with van der Waals surface area (Å²) in [5.41, 5.74) is 1.46. The Kier molecular flexibility index (Phi) is 6.55. The Hall–Kier alpha value is -3.86. The number of allylic oxidation sites excluding steroid dienone is 1. The summed E-state index contributed by atoms with van der Waals surface area (Å²) in [5, 5.41) is 12.1. The lowest BCUT2D eigenvalue weighted by atomic mass is 10.1. The zero-order chi connectivity index (χ0) is 24.4. The Labute approximate surface area is 193 Å². The topological polar surface area (TPSA) is 102 Å². The number of halogens is 3. The fourth-order valence-corrected chi connectivity index (χ4v) is 3.97. The van der Waals surface area contributed by atoms with E-state index in [1.54, 1.807) is 6.92 Å². The highest BCUT2D eigenvalue weighted by molar-refractivity contribution is 5.90. The van der Waals surface area contributed by atoms with Crippen molar-refractivity contribution in [1.29, 1.82) is 5.41 Å². The molecule has 2 atom stereocenters. The van der Waals surface area contributed by atoms with Crippen LogP contribution in [0, 0.1) is 22.9 Å². The number of nitrogens with one attached hydrogen (secondary N) is 2. The predicted molar refractivity (Wildman–Crippen MR) is 116 cm³/mol. The Morgan fingerprint density at radius 3 is 2.53 bits per heavy atom. The molecule has 1 unspecified atom stereocenters. The number of anilines is 1. The SMILES string of the molecule is C[C@H]1C[NH2+]/C(=C(\C=N)N2CC(c3ccccc3)OC2=O)CN1C(=O)Nc1cc(F)c(F)c(F)c1. The largest absolute Gasteiger partial charge is 0.439 e. The molecule has 0 aromatic heterocycles. The molecule has 3 amide bonds. The van der Waals surface area contributed by atoms with Crippen molar-refractivity contribution in [2.45, 2.75) is 19.1 Å². The van der Waals surface area contributed by atoms with Crippen molar-refractivity contribution in [3.8, 4) is 0 Å². The molecule has 8 nitrogen and oxygen atoms in total. The highest BCUT2D eigenvalue weighted by atomic mass is 19.2. The number of hydrogen-bond acceptors (Lipinski definition) is 4. The third kappa shape index (κ3) is 4.60. The number of urea groups is 1. The van der Waals surface area contributed by atoms with Crippen LogP contribution in [-0.2, 0) is 4.74 Å². The molecule has 2 fully saturated rings. The van der Waals surface area contributed by atoms with E-state index in [9.17, 15) is 22.8 Å². The molecule has 2 aliphatic heterocycles. The first-order valence-corrected chi connectivity index (χ1v) is 10.6. The Morgan fingerprint density at radius 2 is 1.88 bits per heavy atom. The van der Waals surface area contributed by atoms with Gasteiger partial charge in [0.25, 0.3) is 0 Å². The van der Waals surface area contributed by atoms with Gasteiger partial charge >= 0.3 is 12.1 Å². The molecule has 0 spiro atoms. The van der Waals surface area contributed by atoms with Gasteiger partial charge in [-0.2, -0.15) is 0 Å². The fraction of sp³-hybridized carbons (Fsp3) is 0.261. The molecular weight excluding hydrogens is 451 g/mol. The maximum Gasteiger partial charge on any atom is 0.415 e. The Morgan fingerprint density at radius 1 is 1.21 bits per heavy atom. The summed E-state index contributed by atoms with van der Waals surface area (Å²) >= 11 is 0. The van der Waals surface area contributed by atoms with Crippen LogP contribution in [0.4, 0.5) is 28.4 Å². The van der Waals surface area contributed by atoms with Crippen molar-refractivity contribution >= 4 is 24.0 Å². The van der Waals surface area contributed by atoms with Crippen molar-refractivity contribution in [2.75, 3.05) is 25.0 Å². The highest BCUT2D eigenvalue weighted by Crippen LogP contribution is 2.29. The van der Waals surface area contributed by atoms with Crippen LogP contribution in [0.3, 0.4) is 0 Å². The minimum atomic E-state index is -1.62. The number of piperazine rings is 1. The summed E-state index contributed by atoms with van der Waals surface area (Å²) in [5.74, 6) is -4.45. The number of hydrogen-bond donors (Lipinski definition) is 3. The van der Waals surface area contributed by atoms with Gasteiger partial charge in [0.15, 0.2) is 23.1 Å². The minimum Gasteiger partial charge on any atom is -0.439 e. The van der Waals surface area contributed by atoms with Crippen LogP contribution >= 0.6 is 0 Å². The van der Waals surface area contributed by atoms with E-state index >= 15 is 0 Å². The van der Waals surface area contributed by atoms with Crippen LogP contribution in [0.15, 0.2) is 53.9 Å². The highest BCUT2D eigenvalue weighted by Gasteiger charge is 2.38.